The number of hydrogen-bond acceptors (Lipinski definition) is 5. The molecule has 2 fully saturated rings. The molecule has 174 valence electrons. The van der Waals surface area contributed by atoms with Crippen LogP contribution in [0.3, 0.4) is 0 Å². The van der Waals surface area contributed by atoms with Crippen LogP contribution < -0.4 is 5.32 Å². The summed E-state index contributed by atoms with van der Waals surface area (Å²) in [5, 5.41) is 5.09. The van der Waals surface area contributed by atoms with Gasteiger partial charge in [0.15, 0.2) is 5.13 Å². The molecular formula is C27H27N3O3S. The molecule has 1 saturated carbocycles. The second-order valence-corrected chi connectivity index (χ2v) is 10.8. The zero-order valence-electron chi connectivity index (χ0n) is 19.5. The maximum atomic E-state index is 13.2. The fraction of sp³-hybridized carbons (Fsp3) is 0.333. The minimum Gasteiger partial charge on any atom is -0.300 e. The number of rotatable bonds is 5. The van der Waals surface area contributed by atoms with Gasteiger partial charge in [0.05, 0.1) is 11.1 Å². The van der Waals surface area contributed by atoms with Crippen molar-refractivity contribution < 1.29 is 14.4 Å². The van der Waals surface area contributed by atoms with E-state index in [0.717, 1.165) is 27.3 Å². The van der Waals surface area contributed by atoms with Crippen LogP contribution in [0.4, 0.5) is 5.13 Å². The third-order valence-electron chi connectivity index (χ3n) is 7.85. The molecule has 1 aromatic heterocycles. The van der Waals surface area contributed by atoms with E-state index >= 15 is 0 Å². The van der Waals surface area contributed by atoms with Crippen LogP contribution in [0, 0.1) is 16.7 Å². The first-order valence-corrected chi connectivity index (χ1v) is 12.4. The average molecular weight is 474 g/mol. The lowest BCUT2D eigenvalue weighted by Crippen LogP contribution is -2.60. The van der Waals surface area contributed by atoms with Crippen LogP contribution in [0.5, 0.6) is 0 Å². The van der Waals surface area contributed by atoms with Crippen molar-refractivity contribution in [3.63, 3.8) is 0 Å². The molecule has 3 amide bonds. The summed E-state index contributed by atoms with van der Waals surface area (Å²) in [6.07, 6.45) is 1.36. The number of benzene rings is 2. The first-order chi connectivity index (χ1) is 16.2. The third-order valence-corrected chi connectivity index (χ3v) is 8.61. The minimum atomic E-state index is -0.619. The normalized spacial score (nSPS) is 23.3. The zero-order valence-corrected chi connectivity index (χ0v) is 20.3. The van der Waals surface area contributed by atoms with Gasteiger partial charge in [-0.3, -0.25) is 19.3 Å². The average Bonchev–Trinajstić information content (AvgIpc) is 3.36. The molecule has 0 radical (unpaired) electrons. The predicted molar refractivity (Wildman–Crippen MR) is 133 cm³/mol. The fourth-order valence-electron chi connectivity index (χ4n) is 5.28. The monoisotopic (exact) mass is 473 g/mol. The summed E-state index contributed by atoms with van der Waals surface area (Å²) in [6.45, 7) is 5.62. The molecule has 2 bridgehead atoms. The molecule has 7 heteroatoms. The first-order valence-electron chi connectivity index (χ1n) is 11.5. The van der Waals surface area contributed by atoms with E-state index in [2.05, 4.69) is 22.4 Å². The maximum absolute atomic E-state index is 13.2. The van der Waals surface area contributed by atoms with Crippen LogP contribution >= 0.6 is 11.3 Å². The van der Waals surface area contributed by atoms with Crippen LogP contribution in [0.15, 0.2) is 60.0 Å². The van der Waals surface area contributed by atoms with Crippen LogP contribution in [0.25, 0.3) is 22.4 Å². The van der Waals surface area contributed by atoms with E-state index in [0.29, 0.717) is 18.0 Å². The summed E-state index contributed by atoms with van der Waals surface area (Å²) in [4.78, 5) is 44.5. The Morgan fingerprint density at radius 1 is 1.03 bits per heavy atom. The van der Waals surface area contributed by atoms with Gasteiger partial charge < -0.3 is 5.32 Å². The number of nitrogens with one attached hydrogen (secondary N) is 1. The van der Waals surface area contributed by atoms with Gasteiger partial charge in [-0.2, -0.15) is 0 Å². The highest BCUT2D eigenvalue weighted by Gasteiger charge is 2.64. The van der Waals surface area contributed by atoms with E-state index < -0.39 is 16.7 Å². The molecule has 6 nitrogen and oxygen atoms in total. The van der Waals surface area contributed by atoms with Crippen molar-refractivity contribution in [3.8, 4) is 22.4 Å². The van der Waals surface area contributed by atoms with Gasteiger partial charge in [-0.15, -0.1) is 11.3 Å². The van der Waals surface area contributed by atoms with Crippen molar-refractivity contribution in [1.82, 2.24) is 9.88 Å². The van der Waals surface area contributed by atoms with E-state index in [9.17, 15) is 14.4 Å². The Labute approximate surface area is 203 Å². The highest BCUT2D eigenvalue weighted by atomic mass is 32.1. The van der Waals surface area contributed by atoms with Crippen LogP contribution in [0.1, 0.15) is 33.6 Å². The van der Waals surface area contributed by atoms with Gasteiger partial charge >= 0.3 is 0 Å². The van der Waals surface area contributed by atoms with E-state index in [1.807, 2.05) is 68.6 Å². The molecule has 5 rings (SSSR count). The van der Waals surface area contributed by atoms with Crippen molar-refractivity contribution in [2.75, 3.05) is 11.9 Å². The Bertz CT molecular complexity index is 1270. The van der Waals surface area contributed by atoms with Gasteiger partial charge in [0.1, 0.15) is 6.54 Å². The number of fused-ring (bicyclic) bond motifs is 2. The Kier molecular flexibility index (Phi) is 5.40. The minimum absolute atomic E-state index is 0.228. The highest BCUT2D eigenvalue weighted by Crippen LogP contribution is 2.60. The maximum Gasteiger partial charge on any atom is 0.246 e. The molecule has 3 aromatic rings. The number of likely N-dealkylation sites (tertiary alicyclic amines) is 1. The van der Waals surface area contributed by atoms with Gasteiger partial charge in [-0.25, -0.2) is 4.98 Å². The number of carbonyl (C=O) groups excluding carboxylic acids is 3. The van der Waals surface area contributed by atoms with Gasteiger partial charge in [0, 0.05) is 16.9 Å². The third kappa shape index (κ3) is 3.55. The van der Waals surface area contributed by atoms with Gasteiger partial charge in [0.2, 0.25) is 17.7 Å². The molecule has 1 aliphatic carbocycles. The molecule has 0 spiro atoms. The van der Waals surface area contributed by atoms with Crippen LogP contribution in [-0.2, 0) is 14.4 Å². The molecule has 2 unspecified atom stereocenters. The van der Waals surface area contributed by atoms with Gasteiger partial charge in [-0.1, -0.05) is 75.4 Å². The second kappa shape index (κ2) is 8.17. The van der Waals surface area contributed by atoms with Crippen molar-refractivity contribution in [2.45, 2.75) is 33.6 Å². The highest BCUT2D eigenvalue weighted by molar-refractivity contribution is 7.14. The van der Waals surface area contributed by atoms with Crippen molar-refractivity contribution in [3.05, 3.63) is 60.0 Å². The van der Waals surface area contributed by atoms with E-state index in [4.69, 9.17) is 0 Å². The molecule has 2 atom stereocenters. The molecule has 34 heavy (non-hydrogen) atoms. The summed E-state index contributed by atoms with van der Waals surface area (Å²) in [6, 6.07) is 18.2. The number of aromatic nitrogens is 1. The standard InChI is InChI=1S/C27H27N3O3S/c1-26(2)20-13-14-27(26,3)24(33)30(23(20)32)15-22(31)29-25-28-21(16-34-25)19-11-9-18(10-12-19)17-7-5-4-6-8-17/h4-12,16,20H,13-15H2,1-3H3,(H,28,29,31). The zero-order chi connectivity index (χ0) is 24.1. The van der Waals surface area contributed by atoms with E-state index in [1.165, 1.54) is 11.3 Å². The summed E-state index contributed by atoms with van der Waals surface area (Å²) in [5.74, 6) is -1.12. The SMILES string of the molecule is CC12CCC(C(=O)N(CC(=O)Nc3nc(-c4ccc(-c5ccccc5)cc4)cs3)C1=O)C2(C)C. The smallest absolute Gasteiger partial charge is 0.246 e. The van der Waals surface area contributed by atoms with Gasteiger partial charge in [0.25, 0.3) is 0 Å². The van der Waals surface area contributed by atoms with Crippen molar-refractivity contribution >= 4 is 34.2 Å². The molecule has 2 aromatic carbocycles. The number of carbonyl (C=O) groups is 3. The second-order valence-electron chi connectivity index (χ2n) is 9.90. The Morgan fingerprint density at radius 2 is 1.68 bits per heavy atom. The van der Waals surface area contributed by atoms with Crippen molar-refractivity contribution in [1.29, 1.82) is 0 Å². The van der Waals surface area contributed by atoms with Crippen LogP contribution in [-0.4, -0.2) is 34.2 Å². The number of nitrogens with zero attached hydrogens (tertiary/aromatic N) is 2. The number of imide groups is 1. The molecule has 1 N–H and O–H groups in total. The number of piperidine rings is 1. The molecule has 2 heterocycles. The lowest BCUT2D eigenvalue weighted by Gasteiger charge is -2.47. The van der Waals surface area contributed by atoms with Crippen molar-refractivity contribution in [2.24, 2.45) is 16.7 Å². The molecule has 1 aliphatic heterocycles. The Balaban J connectivity index is 1.26. The molecular weight excluding hydrogens is 446 g/mol. The summed E-state index contributed by atoms with van der Waals surface area (Å²) >= 11 is 1.32. The fourth-order valence-corrected chi connectivity index (χ4v) is 6.02. The number of thiazole rings is 1. The lowest BCUT2D eigenvalue weighted by atomic mass is 9.62. The van der Waals surface area contributed by atoms with Gasteiger partial charge in [-0.05, 0) is 29.4 Å². The lowest BCUT2D eigenvalue weighted by molar-refractivity contribution is -0.168. The topological polar surface area (TPSA) is 79.4 Å². The number of hydrogen-bond donors (Lipinski definition) is 1. The largest absolute Gasteiger partial charge is 0.300 e. The quantitative estimate of drug-likeness (QED) is 0.515. The Hall–Kier alpha value is -3.32. The molecule has 2 aliphatic rings. The Morgan fingerprint density at radius 3 is 2.38 bits per heavy atom. The number of anilines is 1. The van der Waals surface area contributed by atoms with E-state index in [1.54, 1.807) is 0 Å². The summed E-state index contributed by atoms with van der Waals surface area (Å²) in [5.41, 5.74) is 2.96. The molecule has 1 saturated heterocycles. The first kappa shape index (κ1) is 22.5. The number of amides is 3. The van der Waals surface area contributed by atoms with E-state index in [-0.39, 0.29) is 24.3 Å². The van der Waals surface area contributed by atoms with Crippen LogP contribution in [0.2, 0.25) is 0 Å². The summed E-state index contributed by atoms with van der Waals surface area (Å²) < 4.78 is 0. The summed E-state index contributed by atoms with van der Waals surface area (Å²) in [7, 11) is 0. The predicted octanol–water partition coefficient (Wildman–Crippen LogP) is 5.23.